The SMILES string of the molecule is CCc1nc(O)c2c(n1)c1c(F)cc(F)cc1n2Cc1ccc(CP(=O)(O)O)cc1. The van der Waals surface area contributed by atoms with Gasteiger partial charge >= 0.3 is 7.60 Å². The van der Waals surface area contributed by atoms with Crippen molar-refractivity contribution < 1.29 is 28.2 Å². The van der Waals surface area contributed by atoms with Gasteiger partial charge in [-0.25, -0.2) is 13.8 Å². The zero-order chi connectivity index (χ0) is 21.6. The number of hydrogen-bond donors (Lipinski definition) is 3. The average molecular weight is 433 g/mol. The molecule has 30 heavy (non-hydrogen) atoms. The fourth-order valence-corrected chi connectivity index (χ4v) is 4.22. The molecule has 10 heteroatoms. The molecule has 0 aliphatic rings. The van der Waals surface area contributed by atoms with Crippen molar-refractivity contribution in [3.8, 4) is 5.88 Å². The molecule has 2 heterocycles. The Bertz CT molecular complexity index is 1320. The zero-order valence-electron chi connectivity index (χ0n) is 15.9. The van der Waals surface area contributed by atoms with E-state index < -0.39 is 19.2 Å². The maximum Gasteiger partial charge on any atom is 0.329 e. The van der Waals surface area contributed by atoms with Gasteiger partial charge in [0.2, 0.25) is 5.88 Å². The van der Waals surface area contributed by atoms with Crippen LogP contribution in [0.15, 0.2) is 36.4 Å². The lowest BCUT2D eigenvalue weighted by Crippen LogP contribution is -2.02. The van der Waals surface area contributed by atoms with Gasteiger partial charge in [-0.3, -0.25) is 4.57 Å². The number of halogens is 2. The lowest BCUT2D eigenvalue weighted by atomic mass is 10.1. The smallest absolute Gasteiger partial charge is 0.329 e. The molecule has 2 aromatic heterocycles. The standard InChI is InChI=1S/C20H18F2N3O4P/c1-2-16-23-18-17-14(22)7-13(21)8-15(17)25(19(18)20(26)24-16)9-11-3-5-12(6-4-11)10-30(27,28)29/h3-8H,2,9-10H2,1H3,(H,23,24,26)(H2,27,28,29). The minimum Gasteiger partial charge on any atom is -0.492 e. The van der Waals surface area contributed by atoms with Crippen molar-refractivity contribution >= 4 is 29.5 Å². The highest BCUT2D eigenvalue weighted by atomic mass is 31.2. The normalized spacial score (nSPS) is 12.2. The highest BCUT2D eigenvalue weighted by molar-refractivity contribution is 7.50. The molecule has 0 aliphatic carbocycles. The molecular formula is C20H18F2N3O4P. The number of aromatic nitrogens is 3. The third-order valence-corrected chi connectivity index (χ3v) is 5.59. The van der Waals surface area contributed by atoms with Crippen molar-refractivity contribution in [2.24, 2.45) is 0 Å². The van der Waals surface area contributed by atoms with Crippen LogP contribution in [0.1, 0.15) is 23.9 Å². The van der Waals surface area contributed by atoms with Crippen LogP contribution in [0.25, 0.3) is 21.9 Å². The summed E-state index contributed by atoms with van der Waals surface area (Å²) in [4.78, 5) is 26.6. The van der Waals surface area contributed by atoms with E-state index in [0.29, 0.717) is 23.4 Å². The van der Waals surface area contributed by atoms with E-state index in [1.54, 1.807) is 31.2 Å². The third kappa shape index (κ3) is 3.79. The van der Waals surface area contributed by atoms with Crippen LogP contribution < -0.4 is 0 Å². The predicted octanol–water partition coefficient (Wildman–Crippen LogP) is 3.86. The van der Waals surface area contributed by atoms with Crippen LogP contribution in [0.5, 0.6) is 5.88 Å². The van der Waals surface area contributed by atoms with E-state index in [-0.39, 0.29) is 40.5 Å². The molecule has 0 spiro atoms. The lowest BCUT2D eigenvalue weighted by Gasteiger charge is -2.10. The second-order valence-corrected chi connectivity index (χ2v) is 8.67. The van der Waals surface area contributed by atoms with E-state index in [1.807, 2.05) is 0 Å². The van der Waals surface area contributed by atoms with Gasteiger partial charge in [0.25, 0.3) is 0 Å². The average Bonchev–Trinajstić information content (AvgIpc) is 2.96. The highest BCUT2D eigenvalue weighted by Gasteiger charge is 2.21. The molecule has 4 rings (SSSR count). The molecule has 2 aromatic carbocycles. The van der Waals surface area contributed by atoms with E-state index >= 15 is 0 Å². The number of aryl methyl sites for hydroxylation is 1. The van der Waals surface area contributed by atoms with Crippen LogP contribution in [-0.4, -0.2) is 29.4 Å². The van der Waals surface area contributed by atoms with Crippen LogP contribution in [0.4, 0.5) is 8.78 Å². The second-order valence-electron chi connectivity index (χ2n) is 7.02. The molecule has 0 aliphatic heterocycles. The number of benzene rings is 2. The zero-order valence-corrected chi connectivity index (χ0v) is 16.8. The van der Waals surface area contributed by atoms with Gasteiger partial charge in [0.15, 0.2) is 0 Å². The molecule has 0 fully saturated rings. The first-order valence-electron chi connectivity index (χ1n) is 9.15. The van der Waals surface area contributed by atoms with Gasteiger partial charge in [-0.2, -0.15) is 4.98 Å². The topological polar surface area (TPSA) is 108 Å². The number of fused-ring (bicyclic) bond motifs is 3. The fourth-order valence-electron chi connectivity index (χ4n) is 3.53. The van der Waals surface area contributed by atoms with Gasteiger partial charge < -0.3 is 19.5 Å². The van der Waals surface area contributed by atoms with Gasteiger partial charge in [0.1, 0.15) is 28.5 Å². The van der Waals surface area contributed by atoms with E-state index in [9.17, 15) is 18.5 Å². The Hall–Kier alpha value is -2.87. The predicted molar refractivity (Wildman–Crippen MR) is 107 cm³/mol. The van der Waals surface area contributed by atoms with E-state index in [4.69, 9.17) is 9.79 Å². The molecule has 4 aromatic rings. The van der Waals surface area contributed by atoms with Crippen molar-refractivity contribution in [1.82, 2.24) is 14.5 Å². The highest BCUT2D eigenvalue weighted by Crippen LogP contribution is 2.39. The maximum absolute atomic E-state index is 14.6. The minimum atomic E-state index is -4.19. The summed E-state index contributed by atoms with van der Waals surface area (Å²) < 4.78 is 41.3. The monoisotopic (exact) mass is 433 g/mol. The molecule has 156 valence electrons. The van der Waals surface area contributed by atoms with Crippen LogP contribution in [0, 0.1) is 11.6 Å². The van der Waals surface area contributed by atoms with Gasteiger partial charge in [-0.15, -0.1) is 0 Å². The Morgan fingerprint density at radius 2 is 1.73 bits per heavy atom. The molecular weight excluding hydrogens is 415 g/mol. The Balaban J connectivity index is 1.88. The van der Waals surface area contributed by atoms with Crippen molar-refractivity contribution in [3.05, 3.63) is 65.0 Å². The van der Waals surface area contributed by atoms with Gasteiger partial charge in [0.05, 0.1) is 17.1 Å². The molecule has 0 unspecified atom stereocenters. The molecule has 0 bridgehead atoms. The Morgan fingerprint density at radius 3 is 2.37 bits per heavy atom. The summed E-state index contributed by atoms with van der Waals surface area (Å²) in [6.45, 7) is 1.94. The van der Waals surface area contributed by atoms with Crippen molar-refractivity contribution in [1.29, 1.82) is 0 Å². The first-order valence-corrected chi connectivity index (χ1v) is 10.9. The second kappa shape index (κ2) is 7.43. The van der Waals surface area contributed by atoms with Crippen LogP contribution in [-0.2, 0) is 23.7 Å². The first-order chi connectivity index (χ1) is 14.2. The van der Waals surface area contributed by atoms with Gasteiger partial charge in [-0.1, -0.05) is 31.2 Å². The fraction of sp³-hybridized carbons (Fsp3) is 0.200. The molecule has 0 amide bonds. The Morgan fingerprint density at radius 1 is 1.07 bits per heavy atom. The van der Waals surface area contributed by atoms with E-state index in [0.717, 1.165) is 6.07 Å². The summed E-state index contributed by atoms with van der Waals surface area (Å²) in [7, 11) is -4.19. The molecule has 0 atom stereocenters. The van der Waals surface area contributed by atoms with Crippen LogP contribution >= 0.6 is 7.60 Å². The summed E-state index contributed by atoms with van der Waals surface area (Å²) in [6, 6.07) is 8.43. The lowest BCUT2D eigenvalue weighted by molar-refractivity contribution is 0.371. The van der Waals surface area contributed by atoms with Gasteiger partial charge in [0, 0.05) is 19.0 Å². The quantitative estimate of drug-likeness (QED) is 0.413. The van der Waals surface area contributed by atoms with Crippen molar-refractivity contribution in [2.75, 3.05) is 0 Å². The first kappa shape index (κ1) is 20.4. The molecule has 7 nitrogen and oxygen atoms in total. The molecule has 0 saturated carbocycles. The van der Waals surface area contributed by atoms with Crippen molar-refractivity contribution in [3.63, 3.8) is 0 Å². The van der Waals surface area contributed by atoms with E-state index in [2.05, 4.69) is 9.97 Å². The summed E-state index contributed by atoms with van der Waals surface area (Å²) in [5.74, 6) is -1.54. The Kier molecular flexibility index (Phi) is 5.05. The number of rotatable bonds is 5. The summed E-state index contributed by atoms with van der Waals surface area (Å²) in [5.41, 5.74) is 1.77. The number of hydrogen-bond acceptors (Lipinski definition) is 4. The summed E-state index contributed by atoms with van der Waals surface area (Å²) in [6.07, 6.45) is 0.0491. The summed E-state index contributed by atoms with van der Waals surface area (Å²) >= 11 is 0. The number of nitrogens with zero attached hydrogens (tertiary/aromatic N) is 3. The van der Waals surface area contributed by atoms with Crippen LogP contribution in [0.2, 0.25) is 0 Å². The largest absolute Gasteiger partial charge is 0.492 e. The van der Waals surface area contributed by atoms with Crippen LogP contribution in [0.3, 0.4) is 0 Å². The van der Waals surface area contributed by atoms with Gasteiger partial charge in [-0.05, 0) is 17.2 Å². The number of aromatic hydroxyl groups is 1. The Labute approximate surface area is 169 Å². The molecule has 0 saturated heterocycles. The minimum absolute atomic E-state index is 0.0944. The van der Waals surface area contributed by atoms with Crippen molar-refractivity contribution in [2.45, 2.75) is 26.1 Å². The summed E-state index contributed by atoms with van der Waals surface area (Å²) in [5, 5.41) is 10.6. The maximum atomic E-state index is 14.6. The molecule has 3 N–H and O–H groups in total. The van der Waals surface area contributed by atoms with E-state index in [1.165, 1.54) is 10.6 Å². The third-order valence-electron chi connectivity index (χ3n) is 4.81. The molecule has 0 radical (unpaired) electrons.